The van der Waals surface area contributed by atoms with Crippen molar-refractivity contribution in [3.8, 4) is 16.9 Å². The van der Waals surface area contributed by atoms with Crippen molar-refractivity contribution in [3.05, 3.63) is 48.5 Å². The van der Waals surface area contributed by atoms with Gasteiger partial charge in [-0.25, -0.2) is 4.99 Å². The first-order valence-corrected chi connectivity index (χ1v) is 8.49. The molecule has 3 nitrogen and oxygen atoms in total. The topological polar surface area (TPSA) is 47.6 Å². The molecule has 0 aliphatic rings. The maximum Gasteiger partial charge on any atom is 0.145 e. The number of benzene rings is 2. The molecular formula is C19H23ClN2O. The highest BCUT2D eigenvalue weighted by atomic mass is 35.5. The quantitative estimate of drug-likeness (QED) is 0.315. The van der Waals surface area contributed by atoms with E-state index in [1.165, 1.54) is 6.42 Å². The highest BCUT2D eigenvalue weighted by molar-refractivity contribution is 6.28. The number of unbranched alkanes of at least 4 members (excludes halogenated alkanes) is 2. The fourth-order valence-corrected chi connectivity index (χ4v) is 2.32. The summed E-state index contributed by atoms with van der Waals surface area (Å²) in [6.07, 6.45) is 3.36. The molecule has 122 valence electrons. The molecule has 0 aromatic heterocycles. The number of ether oxygens (including phenoxy) is 1. The van der Waals surface area contributed by atoms with Crippen LogP contribution >= 0.6 is 11.6 Å². The minimum absolute atomic E-state index is 0.199. The first-order chi connectivity index (χ1) is 11.2. The number of aliphatic imine (C=N–C) groups is 1. The van der Waals surface area contributed by atoms with Gasteiger partial charge in [0.05, 0.1) is 12.5 Å². The third-order valence-corrected chi connectivity index (χ3v) is 3.75. The van der Waals surface area contributed by atoms with Crippen molar-refractivity contribution in [3.63, 3.8) is 0 Å². The second kappa shape index (κ2) is 9.21. The van der Waals surface area contributed by atoms with Crippen molar-refractivity contribution in [2.24, 2.45) is 10.7 Å². The van der Waals surface area contributed by atoms with Gasteiger partial charge in [0.25, 0.3) is 0 Å². The van der Waals surface area contributed by atoms with Gasteiger partial charge in [0.1, 0.15) is 17.3 Å². The molecule has 0 aliphatic heterocycles. The van der Waals surface area contributed by atoms with Gasteiger partial charge in [0.15, 0.2) is 0 Å². The lowest BCUT2D eigenvalue weighted by atomic mass is 10.0. The molecular weight excluding hydrogens is 308 g/mol. The van der Waals surface area contributed by atoms with Crippen LogP contribution in [0.3, 0.4) is 0 Å². The average molecular weight is 331 g/mol. The molecule has 0 bridgehead atoms. The molecule has 2 N–H and O–H groups in total. The van der Waals surface area contributed by atoms with Gasteiger partial charge in [0.2, 0.25) is 0 Å². The highest BCUT2D eigenvalue weighted by Crippen LogP contribution is 2.33. The minimum atomic E-state index is 0.199. The van der Waals surface area contributed by atoms with E-state index < -0.39 is 0 Å². The van der Waals surface area contributed by atoms with Crippen LogP contribution in [0, 0.1) is 0 Å². The summed E-state index contributed by atoms with van der Waals surface area (Å²) in [7, 11) is 0. The Hall–Kier alpha value is -2.00. The van der Waals surface area contributed by atoms with Crippen LogP contribution in [0.25, 0.3) is 11.1 Å². The largest absolute Gasteiger partial charge is 0.491 e. The Bertz CT molecular complexity index is 641. The van der Waals surface area contributed by atoms with Crippen molar-refractivity contribution in [1.29, 1.82) is 0 Å². The number of hydrogen-bond donors (Lipinski definition) is 1. The smallest absolute Gasteiger partial charge is 0.145 e. The summed E-state index contributed by atoms with van der Waals surface area (Å²) >= 11 is 5.76. The lowest BCUT2D eigenvalue weighted by Crippen LogP contribution is -2.12. The fourth-order valence-electron chi connectivity index (χ4n) is 2.26. The molecule has 23 heavy (non-hydrogen) atoms. The summed E-state index contributed by atoms with van der Waals surface area (Å²) < 4.78 is 5.87. The molecule has 0 spiro atoms. The van der Waals surface area contributed by atoms with Crippen LogP contribution in [0.1, 0.15) is 26.2 Å². The number of amidine groups is 1. The predicted octanol–water partition coefficient (Wildman–Crippen LogP) is 5.15. The van der Waals surface area contributed by atoms with E-state index in [1.807, 2.05) is 36.4 Å². The monoisotopic (exact) mass is 330 g/mol. The Morgan fingerprint density at radius 3 is 2.57 bits per heavy atom. The van der Waals surface area contributed by atoms with Crippen molar-refractivity contribution in [1.82, 2.24) is 0 Å². The van der Waals surface area contributed by atoms with Crippen molar-refractivity contribution >= 4 is 23.1 Å². The highest BCUT2D eigenvalue weighted by Gasteiger charge is 2.07. The van der Waals surface area contributed by atoms with Gasteiger partial charge in [-0.05, 0) is 29.7 Å². The Morgan fingerprint density at radius 1 is 1.09 bits per heavy atom. The van der Waals surface area contributed by atoms with E-state index in [-0.39, 0.29) is 5.88 Å². The lowest BCUT2D eigenvalue weighted by molar-refractivity contribution is 0.307. The van der Waals surface area contributed by atoms with E-state index >= 15 is 0 Å². The lowest BCUT2D eigenvalue weighted by Gasteiger charge is -2.11. The third-order valence-electron chi connectivity index (χ3n) is 3.47. The molecule has 0 heterocycles. The maximum absolute atomic E-state index is 5.87. The number of hydrogen-bond acceptors (Lipinski definition) is 2. The Labute approximate surface area is 143 Å². The third kappa shape index (κ3) is 5.29. The zero-order valence-corrected chi connectivity index (χ0v) is 14.2. The van der Waals surface area contributed by atoms with Crippen LogP contribution in [0.15, 0.2) is 53.5 Å². The molecule has 0 fully saturated rings. The predicted molar refractivity (Wildman–Crippen MR) is 98.9 cm³/mol. The molecule has 0 radical (unpaired) electrons. The molecule has 0 atom stereocenters. The van der Waals surface area contributed by atoms with Crippen molar-refractivity contribution in [2.45, 2.75) is 26.2 Å². The van der Waals surface area contributed by atoms with Crippen LogP contribution in [0.4, 0.5) is 5.69 Å². The van der Waals surface area contributed by atoms with Gasteiger partial charge in [-0.1, -0.05) is 56.2 Å². The number of nitrogens with zero attached hydrogens (tertiary/aromatic N) is 1. The Balaban J connectivity index is 2.27. The fraction of sp³-hybridized carbons (Fsp3) is 0.316. The second-order valence-electron chi connectivity index (χ2n) is 5.34. The van der Waals surface area contributed by atoms with Gasteiger partial charge < -0.3 is 10.5 Å². The zero-order chi connectivity index (χ0) is 16.5. The Morgan fingerprint density at radius 2 is 1.87 bits per heavy atom. The summed E-state index contributed by atoms with van der Waals surface area (Å²) in [5.74, 6) is 1.33. The molecule has 0 aliphatic carbocycles. The second-order valence-corrected chi connectivity index (χ2v) is 5.61. The van der Waals surface area contributed by atoms with Crippen molar-refractivity contribution < 1.29 is 4.74 Å². The van der Waals surface area contributed by atoms with Crippen LogP contribution in [0.5, 0.6) is 5.75 Å². The summed E-state index contributed by atoms with van der Waals surface area (Å²) in [4.78, 5) is 4.40. The molecule has 2 aromatic rings. The SMILES string of the molecule is CCCCCOc1ccc(-c2ccccc2)cc1N=C(N)CCl. The van der Waals surface area contributed by atoms with Gasteiger partial charge in [-0.15, -0.1) is 11.6 Å². The first kappa shape index (κ1) is 17.4. The Kier molecular flexibility index (Phi) is 6.95. The standard InChI is InChI=1S/C19H23ClN2O/c1-2-3-7-12-23-18-11-10-16(15-8-5-4-6-9-15)13-17(18)22-19(21)14-20/h4-6,8-11,13H,2-3,7,12,14H2,1H3,(H2,21,22). The van der Waals surface area contributed by atoms with Crippen LogP contribution in [-0.2, 0) is 0 Å². The molecule has 2 aromatic carbocycles. The molecule has 4 heteroatoms. The van der Waals surface area contributed by atoms with E-state index in [4.69, 9.17) is 22.1 Å². The summed E-state index contributed by atoms with van der Waals surface area (Å²) in [5.41, 5.74) is 8.73. The summed E-state index contributed by atoms with van der Waals surface area (Å²) in [6, 6.07) is 16.1. The normalized spacial score (nSPS) is 11.5. The number of rotatable bonds is 8. The molecule has 2 rings (SSSR count). The first-order valence-electron chi connectivity index (χ1n) is 7.96. The molecule has 0 amide bonds. The van der Waals surface area contributed by atoms with Gasteiger partial charge >= 0.3 is 0 Å². The van der Waals surface area contributed by atoms with E-state index in [1.54, 1.807) is 0 Å². The number of halogens is 1. The molecule has 0 saturated heterocycles. The average Bonchev–Trinajstić information content (AvgIpc) is 2.60. The van der Waals surface area contributed by atoms with E-state index in [2.05, 4.69) is 24.0 Å². The van der Waals surface area contributed by atoms with E-state index in [0.717, 1.165) is 35.4 Å². The van der Waals surface area contributed by atoms with E-state index in [0.29, 0.717) is 12.4 Å². The van der Waals surface area contributed by atoms with E-state index in [9.17, 15) is 0 Å². The van der Waals surface area contributed by atoms with Crippen LogP contribution in [-0.4, -0.2) is 18.3 Å². The maximum atomic E-state index is 5.87. The summed E-state index contributed by atoms with van der Waals surface area (Å²) in [6.45, 7) is 2.85. The minimum Gasteiger partial charge on any atom is -0.491 e. The van der Waals surface area contributed by atoms with Crippen LogP contribution in [0.2, 0.25) is 0 Å². The summed E-state index contributed by atoms with van der Waals surface area (Å²) in [5, 5.41) is 0. The number of nitrogens with two attached hydrogens (primary N) is 1. The number of alkyl halides is 1. The molecule has 0 saturated carbocycles. The van der Waals surface area contributed by atoms with Gasteiger partial charge in [0, 0.05) is 0 Å². The van der Waals surface area contributed by atoms with Gasteiger partial charge in [-0.3, -0.25) is 0 Å². The van der Waals surface area contributed by atoms with Crippen molar-refractivity contribution in [2.75, 3.05) is 12.5 Å². The zero-order valence-electron chi connectivity index (χ0n) is 13.5. The molecule has 0 unspecified atom stereocenters. The van der Waals surface area contributed by atoms with Crippen LogP contribution < -0.4 is 10.5 Å². The van der Waals surface area contributed by atoms with Gasteiger partial charge in [-0.2, -0.15) is 0 Å².